The first-order valence-corrected chi connectivity index (χ1v) is 14.8. The summed E-state index contributed by atoms with van der Waals surface area (Å²) >= 11 is 2.62. The molecule has 0 amide bonds. The van der Waals surface area contributed by atoms with Crippen molar-refractivity contribution in [2.45, 2.75) is 49.0 Å². The zero-order valence-corrected chi connectivity index (χ0v) is 25.0. The van der Waals surface area contributed by atoms with Crippen LogP contribution in [0.1, 0.15) is 45.1 Å². The molecular formula is C31H34IN7. The maximum absolute atomic E-state index is 5.34. The second-order valence-electron chi connectivity index (χ2n) is 10.8. The van der Waals surface area contributed by atoms with E-state index in [-0.39, 0.29) is 3.42 Å². The van der Waals surface area contributed by atoms with Crippen molar-refractivity contribution >= 4 is 50.3 Å². The Morgan fingerprint density at radius 3 is 2.74 bits per heavy atom. The van der Waals surface area contributed by atoms with Crippen LogP contribution in [0, 0.1) is 0 Å². The highest BCUT2D eigenvalue weighted by Gasteiger charge is 2.38. The molecule has 1 aromatic carbocycles. The fourth-order valence-electron chi connectivity index (χ4n) is 5.79. The van der Waals surface area contributed by atoms with Crippen LogP contribution in [0.25, 0.3) is 44.6 Å². The van der Waals surface area contributed by atoms with Gasteiger partial charge < -0.3 is 15.2 Å². The molecule has 0 bridgehead atoms. The molecule has 0 radical (unpaired) electrons. The standard InChI is InChI=1S/C31H34IN7/c1-5-19(2)23-16-34-17-25-27(23)30(39(4)26-12-13-33-18-31(26,3)32)38-29(37-25)21-11-14-35-28-22(21)15-24(36-28)20-9-7-6-8-10-20/h6-11,14-17,19,26,33H,5,12-13,18H2,1-4H3,(H,35,36). The van der Waals surface area contributed by atoms with Crippen LogP contribution >= 0.6 is 22.6 Å². The van der Waals surface area contributed by atoms with E-state index in [9.17, 15) is 0 Å². The summed E-state index contributed by atoms with van der Waals surface area (Å²) < 4.78 is 0.0704. The number of piperidine rings is 1. The van der Waals surface area contributed by atoms with E-state index in [2.05, 4.69) is 93.8 Å². The Labute approximate surface area is 243 Å². The fraction of sp³-hybridized carbons (Fsp3) is 0.355. The number of pyridine rings is 2. The Kier molecular flexibility index (Phi) is 7.01. The normalized spacial score (nSPS) is 20.4. The minimum Gasteiger partial charge on any atom is -0.355 e. The van der Waals surface area contributed by atoms with Gasteiger partial charge in [0, 0.05) is 54.1 Å². The zero-order chi connectivity index (χ0) is 27.1. The molecule has 1 aliphatic rings. The highest BCUT2D eigenvalue weighted by atomic mass is 127. The predicted octanol–water partition coefficient (Wildman–Crippen LogP) is 6.74. The van der Waals surface area contributed by atoms with E-state index in [1.807, 2.05) is 42.9 Å². The van der Waals surface area contributed by atoms with E-state index in [1.165, 1.54) is 5.56 Å². The van der Waals surface area contributed by atoms with Crippen molar-refractivity contribution in [1.29, 1.82) is 0 Å². The lowest BCUT2D eigenvalue weighted by Gasteiger charge is -2.43. The molecule has 1 aliphatic heterocycles. The van der Waals surface area contributed by atoms with Crippen LogP contribution in [-0.2, 0) is 0 Å². The second kappa shape index (κ2) is 10.5. The molecule has 3 unspecified atom stereocenters. The Balaban J connectivity index is 1.57. The maximum atomic E-state index is 5.34. The van der Waals surface area contributed by atoms with Gasteiger partial charge in [0.05, 0.1) is 15.1 Å². The lowest BCUT2D eigenvalue weighted by molar-refractivity contribution is 0.387. The van der Waals surface area contributed by atoms with E-state index in [0.29, 0.717) is 17.8 Å². The van der Waals surface area contributed by atoms with Crippen molar-refractivity contribution in [3.63, 3.8) is 0 Å². The van der Waals surface area contributed by atoms with Crippen molar-refractivity contribution in [2.24, 2.45) is 0 Å². The summed E-state index contributed by atoms with van der Waals surface area (Å²) in [5.41, 5.74) is 6.03. The minimum atomic E-state index is 0.0704. The van der Waals surface area contributed by atoms with Gasteiger partial charge in [-0.05, 0) is 55.5 Å². The number of fused-ring (bicyclic) bond motifs is 2. The number of H-pyrrole nitrogens is 1. The number of alkyl halides is 1. The van der Waals surface area contributed by atoms with E-state index >= 15 is 0 Å². The van der Waals surface area contributed by atoms with Crippen LogP contribution in [0.3, 0.4) is 0 Å². The quantitative estimate of drug-likeness (QED) is 0.160. The number of anilines is 1. The van der Waals surface area contributed by atoms with Crippen molar-refractivity contribution < 1.29 is 0 Å². The smallest absolute Gasteiger partial charge is 0.163 e. The van der Waals surface area contributed by atoms with E-state index in [0.717, 1.165) is 70.5 Å². The molecule has 2 N–H and O–H groups in total. The molecule has 6 rings (SSSR count). The van der Waals surface area contributed by atoms with Gasteiger partial charge in [-0.3, -0.25) is 4.98 Å². The third-order valence-corrected chi connectivity index (χ3v) is 9.28. The molecule has 4 aromatic heterocycles. The van der Waals surface area contributed by atoms with Crippen LogP contribution in [-0.4, -0.2) is 54.5 Å². The Morgan fingerprint density at radius 1 is 1.15 bits per heavy atom. The molecule has 1 fully saturated rings. The summed E-state index contributed by atoms with van der Waals surface area (Å²) in [6, 6.07) is 14.8. The number of hydrogen-bond acceptors (Lipinski definition) is 6. The first kappa shape index (κ1) is 26.1. The summed E-state index contributed by atoms with van der Waals surface area (Å²) in [5, 5.41) is 5.69. The van der Waals surface area contributed by atoms with E-state index in [1.54, 1.807) is 0 Å². The number of nitrogens with one attached hydrogen (secondary N) is 2. The van der Waals surface area contributed by atoms with Gasteiger partial charge in [-0.1, -0.05) is 66.8 Å². The van der Waals surface area contributed by atoms with E-state index in [4.69, 9.17) is 9.97 Å². The molecular weight excluding hydrogens is 597 g/mol. The van der Waals surface area contributed by atoms with Crippen molar-refractivity contribution in [1.82, 2.24) is 30.2 Å². The lowest BCUT2D eigenvalue weighted by Crippen LogP contribution is -2.56. The molecule has 5 heterocycles. The van der Waals surface area contributed by atoms with Crippen LogP contribution < -0.4 is 10.2 Å². The first-order chi connectivity index (χ1) is 18.9. The number of halogens is 1. The van der Waals surface area contributed by atoms with Crippen molar-refractivity contribution in [3.8, 4) is 22.6 Å². The summed E-state index contributed by atoms with van der Waals surface area (Å²) in [5.74, 6) is 2.03. The average molecular weight is 632 g/mol. The Morgan fingerprint density at radius 2 is 1.97 bits per heavy atom. The van der Waals surface area contributed by atoms with Crippen molar-refractivity contribution in [3.05, 3.63) is 66.6 Å². The van der Waals surface area contributed by atoms with E-state index < -0.39 is 0 Å². The fourth-order valence-corrected chi connectivity index (χ4v) is 6.79. The molecule has 0 saturated carbocycles. The Bertz CT molecular complexity index is 1630. The highest BCUT2D eigenvalue weighted by Crippen LogP contribution is 2.39. The van der Waals surface area contributed by atoms with Gasteiger partial charge in [0.2, 0.25) is 0 Å². The summed E-state index contributed by atoms with van der Waals surface area (Å²) in [6.07, 6.45) is 7.81. The van der Waals surface area contributed by atoms with Gasteiger partial charge in [0.15, 0.2) is 5.82 Å². The van der Waals surface area contributed by atoms with Crippen LogP contribution in [0.15, 0.2) is 61.1 Å². The number of aromatic amines is 1. The molecule has 0 aliphatic carbocycles. The number of benzene rings is 1. The lowest BCUT2D eigenvalue weighted by atomic mass is 9.92. The third-order valence-electron chi connectivity index (χ3n) is 8.18. The van der Waals surface area contributed by atoms with Gasteiger partial charge in [-0.25, -0.2) is 15.0 Å². The minimum absolute atomic E-state index is 0.0704. The maximum Gasteiger partial charge on any atom is 0.163 e. The monoisotopic (exact) mass is 631 g/mol. The first-order valence-electron chi connectivity index (χ1n) is 13.7. The number of nitrogens with zero attached hydrogens (tertiary/aromatic N) is 5. The molecule has 8 heteroatoms. The molecule has 5 aromatic rings. The number of aromatic nitrogens is 5. The summed E-state index contributed by atoms with van der Waals surface area (Å²) in [7, 11) is 2.20. The van der Waals surface area contributed by atoms with Gasteiger partial charge in [-0.2, -0.15) is 0 Å². The number of hydrogen-bond donors (Lipinski definition) is 2. The SMILES string of the molecule is CCC(C)c1cncc2nc(-c3ccnc4[nH]c(-c5ccccc5)cc34)nc(N(C)C3CCNCC3(C)I)c12. The average Bonchev–Trinajstić information content (AvgIpc) is 3.40. The van der Waals surface area contributed by atoms with Crippen LogP contribution in [0.4, 0.5) is 5.82 Å². The predicted molar refractivity (Wildman–Crippen MR) is 169 cm³/mol. The van der Waals surface area contributed by atoms with Gasteiger partial charge in [0.1, 0.15) is 11.5 Å². The van der Waals surface area contributed by atoms with Crippen LogP contribution in [0.5, 0.6) is 0 Å². The van der Waals surface area contributed by atoms with Gasteiger partial charge in [0.25, 0.3) is 0 Å². The molecule has 200 valence electrons. The molecule has 0 spiro atoms. The van der Waals surface area contributed by atoms with Crippen molar-refractivity contribution in [2.75, 3.05) is 25.0 Å². The Hall–Kier alpha value is -3.11. The summed E-state index contributed by atoms with van der Waals surface area (Å²) in [6.45, 7) is 8.79. The van der Waals surface area contributed by atoms with Gasteiger partial charge >= 0.3 is 0 Å². The number of rotatable bonds is 6. The van der Waals surface area contributed by atoms with Gasteiger partial charge in [-0.15, -0.1) is 0 Å². The largest absolute Gasteiger partial charge is 0.355 e. The molecule has 7 nitrogen and oxygen atoms in total. The van der Waals surface area contributed by atoms with Crippen LogP contribution in [0.2, 0.25) is 0 Å². The molecule has 3 atom stereocenters. The summed E-state index contributed by atoms with van der Waals surface area (Å²) in [4.78, 5) is 25.6. The zero-order valence-electron chi connectivity index (χ0n) is 22.9. The third kappa shape index (κ3) is 4.78. The molecule has 39 heavy (non-hydrogen) atoms. The molecule has 1 saturated heterocycles. The highest BCUT2D eigenvalue weighted by molar-refractivity contribution is 14.1. The second-order valence-corrected chi connectivity index (χ2v) is 13.3. The topological polar surface area (TPSA) is 82.6 Å².